The van der Waals surface area contributed by atoms with Gasteiger partial charge in [-0.25, -0.2) is 23.1 Å². The Morgan fingerprint density at radius 2 is 1.69 bits per heavy atom. The lowest BCUT2D eigenvalue weighted by molar-refractivity contribution is -0.137. The van der Waals surface area contributed by atoms with Crippen LogP contribution in [0.4, 0.5) is 36.4 Å². The molecule has 10 nitrogen and oxygen atoms in total. The summed E-state index contributed by atoms with van der Waals surface area (Å²) in [7, 11) is 1.03. The quantitative estimate of drug-likeness (QED) is 0.336. The van der Waals surface area contributed by atoms with Gasteiger partial charge < -0.3 is 26.3 Å². The van der Waals surface area contributed by atoms with Crippen molar-refractivity contribution in [1.82, 2.24) is 19.3 Å². The topological polar surface area (TPSA) is 139 Å². The van der Waals surface area contributed by atoms with Gasteiger partial charge in [0.15, 0.2) is 11.6 Å². The minimum atomic E-state index is -4.55. The first-order valence-corrected chi connectivity index (χ1v) is 10.9. The lowest BCUT2D eigenvalue weighted by Gasteiger charge is -2.15. The molecule has 3 rings (SSSR count). The van der Waals surface area contributed by atoms with Crippen LogP contribution < -0.4 is 26.4 Å². The van der Waals surface area contributed by atoms with E-state index in [2.05, 4.69) is 30.6 Å². The summed E-state index contributed by atoms with van der Waals surface area (Å²) in [6.45, 7) is 0.109. The molecule has 174 valence electrons. The number of nitrogens with zero attached hydrogens (tertiary/aromatic N) is 3. The van der Waals surface area contributed by atoms with Gasteiger partial charge in [-0.2, -0.15) is 13.2 Å². The number of anilines is 4. The average Bonchev–Trinajstić information content (AvgIpc) is 3.12. The van der Waals surface area contributed by atoms with Gasteiger partial charge in [0.25, 0.3) is 0 Å². The maximum absolute atomic E-state index is 12.7. The number of imidazole rings is 1. The molecule has 3 aromatic rings. The highest BCUT2D eigenvalue weighted by Crippen LogP contribution is 2.34. The summed E-state index contributed by atoms with van der Waals surface area (Å²) in [5.41, 5.74) is 6.78. The largest absolute Gasteiger partial charge is 0.416 e. The molecule has 0 saturated heterocycles. The van der Waals surface area contributed by atoms with Crippen LogP contribution >= 0.6 is 0 Å². The number of benzene rings is 1. The zero-order valence-corrected chi connectivity index (χ0v) is 18.3. The minimum Gasteiger partial charge on any atom is -0.383 e. The number of fused-ring (bicyclic) bond motifs is 1. The first kappa shape index (κ1) is 23.4. The Kier molecular flexibility index (Phi) is 6.37. The van der Waals surface area contributed by atoms with Crippen LogP contribution in [0.15, 0.2) is 29.2 Å². The van der Waals surface area contributed by atoms with E-state index in [1.807, 2.05) is 0 Å². The monoisotopic (exact) mass is 472 g/mol. The number of halogens is 3. The highest BCUT2D eigenvalue weighted by molar-refractivity contribution is 7.89. The van der Waals surface area contributed by atoms with Gasteiger partial charge in [-0.3, -0.25) is 0 Å². The molecule has 0 aliphatic heterocycles. The van der Waals surface area contributed by atoms with Gasteiger partial charge in [0, 0.05) is 34.2 Å². The van der Waals surface area contributed by atoms with E-state index in [0.29, 0.717) is 28.5 Å². The zero-order valence-electron chi connectivity index (χ0n) is 17.5. The molecule has 0 amide bonds. The number of nitrogen functional groups attached to an aromatic ring is 1. The molecule has 6 N–H and O–H groups in total. The third-order valence-corrected chi connectivity index (χ3v) is 6.22. The third kappa shape index (κ3) is 4.36. The number of nitrogens with one attached hydrogen (secondary N) is 4. The van der Waals surface area contributed by atoms with Crippen molar-refractivity contribution >= 4 is 44.3 Å². The lowest BCUT2D eigenvalue weighted by atomic mass is 10.2. The minimum absolute atomic E-state index is 0.0518. The summed E-state index contributed by atoms with van der Waals surface area (Å²) in [6.07, 6.45) is -4.55. The molecule has 0 unspecified atom stereocenters. The molecule has 0 fully saturated rings. The Bertz CT molecular complexity index is 1220. The Balaban J connectivity index is 1.88. The first-order valence-electron chi connectivity index (χ1n) is 9.43. The molecular formula is C18H23F3N8O2S. The molecule has 2 aromatic heterocycles. The smallest absolute Gasteiger partial charge is 0.383 e. The Hall–Kier alpha value is -3.26. The number of pyridine rings is 1. The summed E-state index contributed by atoms with van der Waals surface area (Å²) in [5.74, 6) is 1.13. The Morgan fingerprint density at radius 3 is 2.22 bits per heavy atom. The zero-order chi connectivity index (χ0) is 23.7. The number of sulfonamides is 1. The Labute approximate surface area is 182 Å². The summed E-state index contributed by atoms with van der Waals surface area (Å²) < 4.78 is 67.3. The first-order chi connectivity index (χ1) is 15.0. The van der Waals surface area contributed by atoms with Crippen molar-refractivity contribution in [2.24, 2.45) is 0 Å². The second kappa shape index (κ2) is 8.70. The summed E-state index contributed by atoms with van der Waals surface area (Å²) >= 11 is 0. The second-order valence-electron chi connectivity index (χ2n) is 6.67. The predicted molar refractivity (Wildman–Crippen MR) is 117 cm³/mol. The second-order valence-corrected chi connectivity index (χ2v) is 8.44. The maximum atomic E-state index is 12.7. The summed E-state index contributed by atoms with van der Waals surface area (Å²) in [4.78, 5) is 8.44. The third-order valence-electron chi connectivity index (χ3n) is 4.75. The van der Waals surface area contributed by atoms with E-state index in [9.17, 15) is 21.6 Å². The number of nitrogens with two attached hydrogens (primary N) is 1. The van der Waals surface area contributed by atoms with Gasteiger partial charge in [0.05, 0.1) is 10.5 Å². The fourth-order valence-corrected chi connectivity index (χ4v) is 4.27. The van der Waals surface area contributed by atoms with Crippen molar-refractivity contribution < 1.29 is 21.6 Å². The van der Waals surface area contributed by atoms with E-state index in [1.165, 1.54) is 0 Å². The van der Waals surface area contributed by atoms with E-state index >= 15 is 0 Å². The van der Waals surface area contributed by atoms with Crippen LogP contribution in [-0.2, 0) is 22.7 Å². The van der Waals surface area contributed by atoms with Crippen molar-refractivity contribution in [1.29, 1.82) is 0 Å². The average molecular weight is 472 g/mol. The number of alkyl halides is 3. The fraction of sp³-hybridized carbons (Fsp3) is 0.333. The Morgan fingerprint density at radius 1 is 1.03 bits per heavy atom. The SMILES string of the molecule is CNc1nc(N)c2nc(NC)n(CCNS(=O)(=O)c3ccc(C(F)(F)F)cc3)c2c1NC. The van der Waals surface area contributed by atoms with E-state index < -0.39 is 21.8 Å². The molecule has 2 heterocycles. The van der Waals surface area contributed by atoms with Gasteiger partial charge in [-0.15, -0.1) is 0 Å². The van der Waals surface area contributed by atoms with E-state index in [0.717, 1.165) is 24.3 Å². The van der Waals surface area contributed by atoms with Crippen LogP contribution in [0.2, 0.25) is 0 Å². The van der Waals surface area contributed by atoms with Crippen molar-refractivity contribution in [3.8, 4) is 0 Å². The number of hydrogen-bond donors (Lipinski definition) is 5. The molecule has 0 saturated carbocycles. The molecule has 0 aliphatic rings. The molecule has 0 aliphatic carbocycles. The number of aromatic nitrogens is 3. The van der Waals surface area contributed by atoms with Crippen molar-refractivity contribution in [2.45, 2.75) is 17.6 Å². The van der Waals surface area contributed by atoms with Crippen LogP contribution in [0.5, 0.6) is 0 Å². The molecule has 0 radical (unpaired) electrons. The standard InChI is InChI=1S/C18H23F3N8O2S/c1-23-13-14-12(15(22)28-16(13)24-2)27-17(25-3)29(14)9-8-26-32(30,31)11-6-4-10(5-7-11)18(19,20)21/h4-7,23,26H,8-9H2,1-3H3,(H,25,27)(H3,22,24,28). The molecule has 0 atom stereocenters. The van der Waals surface area contributed by atoms with Gasteiger partial charge in [0.2, 0.25) is 16.0 Å². The fourth-order valence-electron chi connectivity index (χ4n) is 3.25. The van der Waals surface area contributed by atoms with E-state index in [1.54, 1.807) is 25.7 Å². The van der Waals surface area contributed by atoms with Crippen LogP contribution in [-0.4, -0.2) is 50.6 Å². The van der Waals surface area contributed by atoms with Gasteiger partial charge in [-0.05, 0) is 24.3 Å². The normalized spacial score (nSPS) is 12.2. The van der Waals surface area contributed by atoms with E-state index in [4.69, 9.17) is 5.73 Å². The van der Waals surface area contributed by atoms with Crippen LogP contribution in [0.25, 0.3) is 11.0 Å². The highest BCUT2D eigenvalue weighted by atomic mass is 32.2. The van der Waals surface area contributed by atoms with E-state index in [-0.39, 0.29) is 23.8 Å². The summed E-state index contributed by atoms with van der Waals surface area (Å²) in [5, 5.41) is 8.93. The molecule has 0 spiro atoms. The molecular weight excluding hydrogens is 449 g/mol. The molecule has 14 heteroatoms. The van der Waals surface area contributed by atoms with Gasteiger partial charge in [-0.1, -0.05) is 0 Å². The molecule has 1 aromatic carbocycles. The highest BCUT2D eigenvalue weighted by Gasteiger charge is 2.30. The summed E-state index contributed by atoms with van der Waals surface area (Å²) in [6, 6.07) is 3.29. The van der Waals surface area contributed by atoms with Crippen molar-refractivity contribution in [3.05, 3.63) is 29.8 Å². The van der Waals surface area contributed by atoms with Gasteiger partial charge in [0.1, 0.15) is 16.7 Å². The van der Waals surface area contributed by atoms with Crippen molar-refractivity contribution in [3.63, 3.8) is 0 Å². The van der Waals surface area contributed by atoms with Crippen LogP contribution in [0, 0.1) is 0 Å². The number of hydrogen-bond acceptors (Lipinski definition) is 8. The molecule has 0 bridgehead atoms. The lowest BCUT2D eigenvalue weighted by Crippen LogP contribution is -2.28. The van der Waals surface area contributed by atoms with Crippen molar-refractivity contribution in [2.75, 3.05) is 49.4 Å². The number of rotatable bonds is 8. The predicted octanol–water partition coefficient (Wildman–Crippen LogP) is 2.14. The van der Waals surface area contributed by atoms with Crippen LogP contribution in [0.3, 0.4) is 0 Å². The molecule has 32 heavy (non-hydrogen) atoms. The van der Waals surface area contributed by atoms with Crippen LogP contribution in [0.1, 0.15) is 5.56 Å². The maximum Gasteiger partial charge on any atom is 0.416 e. The van der Waals surface area contributed by atoms with Gasteiger partial charge >= 0.3 is 6.18 Å².